The SMILES string of the molecule is CC(C)(C)NC(=O)COc1c(F)c(F)cc(F)c1F. The lowest BCUT2D eigenvalue weighted by Gasteiger charge is -2.20. The maximum absolute atomic E-state index is 13.2. The molecule has 0 heterocycles. The van der Waals surface area contributed by atoms with E-state index in [0.717, 1.165) is 0 Å². The second-order valence-corrected chi connectivity index (χ2v) is 4.88. The molecule has 1 amide bonds. The molecule has 0 saturated heterocycles. The van der Waals surface area contributed by atoms with Crippen molar-refractivity contribution in [1.82, 2.24) is 5.32 Å². The zero-order valence-corrected chi connectivity index (χ0v) is 10.6. The minimum atomic E-state index is -1.68. The average Bonchev–Trinajstić information content (AvgIpc) is 2.24. The predicted molar refractivity (Wildman–Crippen MR) is 59.7 cm³/mol. The number of nitrogens with one attached hydrogen (secondary N) is 1. The third kappa shape index (κ3) is 4.11. The highest BCUT2D eigenvalue weighted by Gasteiger charge is 2.22. The Morgan fingerprint density at radius 3 is 2.05 bits per heavy atom. The number of benzene rings is 1. The molecule has 0 fully saturated rings. The van der Waals surface area contributed by atoms with Crippen molar-refractivity contribution in [2.75, 3.05) is 6.61 Å². The molecule has 0 aliphatic carbocycles. The summed E-state index contributed by atoms with van der Waals surface area (Å²) in [5.41, 5.74) is -0.565. The fourth-order valence-corrected chi connectivity index (χ4v) is 1.27. The Morgan fingerprint density at radius 1 is 1.16 bits per heavy atom. The van der Waals surface area contributed by atoms with E-state index in [-0.39, 0.29) is 6.07 Å². The number of halogens is 4. The standard InChI is InChI=1S/C12H13F4NO2/c1-12(2,3)17-8(18)5-19-11-9(15)6(13)4-7(14)10(11)16/h4H,5H2,1-3H3,(H,17,18). The van der Waals surface area contributed by atoms with Crippen molar-refractivity contribution in [3.8, 4) is 5.75 Å². The summed E-state index contributed by atoms with van der Waals surface area (Å²) >= 11 is 0. The maximum Gasteiger partial charge on any atom is 0.258 e. The Balaban J connectivity index is 2.81. The van der Waals surface area contributed by atoms with Gasteiger partial charge in [-0.05, 0) is 20.8 Å². The second-order valence-electron chi connectivity index (χ2n) is 4.88. The van der Waals surface area contributed by atoms with Crippen LogP contribution in [0.4, 0.5) is 17.6 Å². The summed E-state index contributed by atoms with van der Waals surface area (Å²) in [5, 5.41) is 2.46. The molecule has 1 aromatic carbocycles. The summed E-state index contributed by atoms with van der Waals surface area (Å²) < 4.78 is 56.6. The fourth-order valence-electron chi connectivity index (χ4n) is 1.27. The van der Waals surface area contributed by atoms with E-state index in [2.05, 4.69) is 10.1 Å². The van der Waals surface area contributed by atoms with Gasteiger partial charge >= 0.3 is 0 Å². The second kappa shape index (κ2) is 5.46. The van der Waals surface area contributed by atoms with E-state index >= 15 is 0 Å². The molecule has 7 heteroatoms. The van der Waals surface area contributed by atoms with E-state index in [1.165, 1.54) is 0 Å². The maximum atomic E-state index is 13.2. The molecular weight excluding hydrogens is 266 g/mol. The molecule has 1 N–H and O–H groups in total. The molecular formula is C12H13F4NO2. The molecule has 0 unspecified atom stereocenters. The van der Waals surface area contributed by atoms with Crippen molar-refractivity contribution in [2.45, 2.75) is 26.3 Å². The molecule has 0 bridgehead atoms. The number of carbonyl (C=O) groups is 1. The van der Waals surface area contributed by atoms with Gasteiger partial charge in [-0.15, -0.1) is 0 Å². The number of rotatable bonds is 3. The number of hydrogen-bond acceptors (Lipinski definition) is 2. The Bertz CT molecular complexity index is 471. The van der Waals surface area contributed by atoms with Gasteiger partial charge in [0.05, 0.1) is 0 Å². The van der Waals surface area contributed by atoms with Gasteiger partial charge in [0.25, 0.3) is 5.91 Å². The van der Waals surface area contributed by atoms with E-state index in [4.69, 9.17) is 0 Å². The Kier molecular flexibility index (Phi) is 4.39. The average molecular weight is 279 g/mol. The summed E-state index contributed by atoms with van der Waals surface area (Å²) in [4.78, 5) is 11.4. The van der Waals surface area contributed by atoms with Crippen LogP contribution in [0.25, 0.3) is 0 Å². The molecule has 1 rings (SSSR count). The number of amides is 1. The molecule has 0 spiro atoms. The van der Waals surface area contributed by atoms with E-state index in [1.807, 2.05) is 0 Å². The molecule has 0 aliphatic rings. The molecule has 0 radical (unpaired) electrons. The van der Waals surface area contributed by atoms with Gasteiger partial charge < -0.3 is 10.1 Å². The Morgan fingerprint density at radius 2 is 1.63 bits per heavy atom. The molecule has 0 aliphatic heterocycles. The molecule has 0 aromatic heterocycles. The largest absolute Gasteiger partial charge is 0.477 e. The van der Waals surface area contributed by atoms with Gasteiger partial charge in [0, 0.05) is 11.6 Å². The van der Waals surface area contributed by atoms with Crippen LogP contribution in [0.3, 0.4) is 0 Å². The topological polar surface area (TPSA) is 38.3 Å². The fraction of sp³-hybridized carbons (Fsp3) is 0.417. The zero-order chi connectivity index (χ0) is 14.8. The van der Waals surface area contributed by atoms with E-state index in [0.29, 0.717) is 0 Å². The van der Waals surface area contributed by atoms with E-state index in [1.54, 1.807) is 20.8 Å². The molecule has 0 saturated carbocycles. The minimum Gasteiger partial charge on any atom is -0.477 e. The minimum absolute atomic E-state index is 0.0623. The normalized spacial score (nSPS) is 11.3. The molecule has 3 nitrogen and oxygen atoms in total. The third-order valence-corrected chi connectivity index (χ3v) is 1.93. The Labute approximate surface area is 107 Å². The first-order valence-corrected chi connectivity index (χ1v) is 5.38. The van der Waals surface area contributed by atoms with Gasteiger partial charge in [-0.25, -0.2) is 8.78 Å². The van der Waals surface area contributed by atoms with Gasteiger partial charge in [-0.1, -0.05) is 0 Å². The van der Waals surface area contributed by atoms with Crippen molar-refractivity contribution >= 4 is 5.91 Å². The van der Waals surface area contributed by atoms with Crippen molar-refractivity contribution in [1.29, 1.82) is 0 Å². The van der Waals surface area contributed by atoms with Crippen LogP contribution < -0.4 is 10.1 Å². The zero-order valence-electron chi connectivity index (χ0n) is 10.6. The number of carbonyl (C=O) groups excluding carboxylic acids is 1. The first-order chi connectivity index (χ1) is 8.61. The molecule has 19 heavy (non-hydrogen) atoms. The number of ether oxygens (including phenoxy) is 1. The van der Waals surface area contributed by atoms with Gasteiger partial charge in [-0.2, -0.15) is 8.78 Å². The number of hydrogen-bond donors (Lipinski definition) is 1. The van der Waals surface area contributed by atoms with Crippen molar-refractivity contribution in [3.05, 3.63) is 29.3 Å². The lowest BCUT2D eigenvalue weighted by atomic mass is 10.1. The third-order valence-electron chi connectivity index (χ3n) is 1.93. The van der Waals surface area contributed by atoms with E-state index < -0.39 is 47.1 Å². The van der Waals surface area contributed by atoms with Crippen molar-refractivity contribution < 1.29 is 27.1 Å². The first-order valence-electron chi connectivity index (χ1n) is 5.38. The van der Waals surface area contributed by atoms with Crippen molar-refractivity contribution in [2.24, 2.45) is 0 Å². The van der Waals surface area contributed by atoms with Crippen LogP contribution in [0.5, 0.6) is 5.75 Å². The molecule has 1 aromatic rings. The summed E-state index contributed by atoms with van der Waals surface area (Å²) in [6.45, 7) is 4.31. The highest BCUT2D eigenvalue weighted by atomic mass is 19.2. The quantitative estimate of drug-likeness (QED) is 0.682. The van der Waals surface area contributed by atoms with Crippen molar-refractivity contribution in [3.63, 3.8) is 0 Å². The highest BCUT2D eigenvalue weighted by molar-refractivity contribution is 5.78. The summed E-state index contributed by atoms with van der Waals surface area (Å²) in [6.07, 6.45) is 0. The predicted octanol–water partition coefficient (Wildman–Crippen LogP) is 2.54. The molecule has 106 valence electrons. The lowest BCUT2D eigenvalue weighted by molar-refractivity contribution is -0.124. The van der Waals surface area contributed by atoms with Crippen LogP contribution >= 0.6 is 0 Å². The van der Waals surface area contributed by atoms with Crippen LogP contribution in [-0.2, 0) is 4.79 Å². The van der Waals surface area contributed by atoms with Crippen LogP contribution in [0.15, 0.2) is 6.07 Å². The summed E-state index contributed by atoms with van der Waals surface area (Å²) in [5.74, 6) is -8.46. The van der Waals surface area contributed by atoms with Crippen LogP contribution in [0.1, 0.15) is 20.8 Å². The monoisotopic (exact) mass is 279 g/mol. The van der Waals surface area contributed by atoms with Crippen LogP contribution in [0, 0.1) is 23.3 Å². The van der Waals surface area contributed by atoms with Gasteiger partial charge in [-0.3, -0.25) is 4.79 Å². The summed E-state index contributed by atoms with van der Waals surface area (Å²) in [7, 11) is 0. The smallest absolute Gasteiger partial charge is 0.258 e. The van der Waals surface area contributed by atoms with Crippen LogP contribution in [0.2, 0.25) is 0 Å². The van der Waals surface area contributed by atoms with Gasteiger partial charge in [0.1, 0.15) is 0 Å². The highest BCUT2D eigenvalue weighted by Crippen LogP contribution is 2.26. The van der Waals surface area contributed by atoms with Gasteiger partial charge in [0.2, 0.25) is 11.6 Å². The lowest BCUT2D eigenvalue weighted by Crippen LogP contribution is -2.43. The summed E-state index contributed by atoms with van der Waals surface area (Å²) in [6, 6.07) is 0.0623. The first kappa shape index (κ1) is 15.3. The van der Waals surface area contributed by atoms with Gasteiger partial charge in [0.15, 0.2) is 24.0 Å². The van der Waals surface area contributed by atoms with E-state index in [9.17, 15) is 22.4 Å². The van der Waals surface area contributed by atoms with Crippen LogP contribution in [-0.4, -0.2) is 18.1 Å². The molecule has 0 atom stereocenters. The Hall–Kier alpha value is -1.79.